The van der Waals surface area contributed by atoms with Gasteiger partial charge in [0.2, 0.25) is 0 Å². The van der Waals surface area contributed by atoms with Crippen LogP contribution in [0.2, 0.25) is 19.6 Å². The lowest BCUT2D eigenvalue weighted by atomic mass is 9.93. The smallest absolute Gasteiger partial charge is 0.361 e. The number of carbonyl (C=O) groups is 1. The molecule has 2 heterocycles. The second-order valence-corrected chi connectivity index (χ2v) is 13.9. The fourth-order valence-corrected chi connectivity index (χ4v) is 3.83. The predicted octanol–water partition coefficient (Wildman–Crippen LogP) is 3.52. The maximum absolute atomic E-state index is 12.3. The van der Waals surface area contributed by atoms with E-state index in [0.717, 1.165) is 6.04 Å². The van der Waals surface area contributed by atoms with Crippen molar-refractivity contribution in [2.24, 2.45) is 5.41 Å². The van der Waals surface area contributed by atoms with Crippen molar-refractivity contribution < 1.29 is 23.5 Å². The predicted molar refractivity (Wildman–Crippen MR) is 92.5 cm³/mol. The van der Waals surface area contributed by atoms with E-state index in [9.17, 15) is 4.79 Å². The molecule has 136 valence electrons. The maximum Gasteiger partial charge on any atom is 0.361 e. The van der Waals surface area contributed by atoms with Gasteiger partial charge in [0.05, 0.1) is 33.5 Å². The zero-order valence-corrected chi connectivity index (χ0v) is 16.8. The molecule has 24 heavy (non-hydrogen) atoms. The van der Waals surface area contributed by atoms with E-state index in [0.29, 0.717) is 24.5 Å². The second-order valence-electron chi connectivity index (χ2n) is 8.47. The Bertz CT molecular complexity index is 593. The molecule has 0 radical (unpaired) electrons. The lowest BCUT2D eigenvalue weighted by Crippen LogP contribution is -2.45. The third-order valence-electron chi connectivity index (χ3n) is 3.85. The van der Waals surface area contributed by atoms with Gasteiger partial charge in [-0.3, -0.25) is 0 Å². The van der Waals surface area contributed by atoms with Crippen LogP contribution in [-0.4, -0.2) is 39.0 Å². The van der Waals surface area contributed by atoms with Gasteiger partial charge in [0.1, 0.15) is 5.76 Å². The van der Waals surface area contributed by atoms with Crippen molar-refractivity contribution in [2.45, 2.75) is 59.2 Å². The van der Waals surface area contributed by atoms with Crippen LogP contribution < -0.4 is 0 Å². The molecule has 0 amide bonds. The number of carbonyl (C=O) groups excluding carboxylic acids is 1. The van der Waals surface area contributed by atoms with Crippen molar-refractivity contribution in [3.05, 3.63) is 17.0 Å². The molecule has 0 saturated carbocycles. The number of rotatable bonds is 5. The van der Waals surface area contributed by atoms with Crippen molar-refractivity contribution in [1.29, 1.82) is 0 Å². The van der Waals surface area contributed by atoms with Crippen LogP contribution in [0.25, 0.3) is 0 Å². The van der Waals surface area contributed by atoms with Gasteiger partial charge in [-0.05, 0) is 13.8 Å². The summed E-state index contributed by atoms with van der Waals surface area (Å²) in [6.45, 7) is 15.8. The number of esters is 1. The number of aromatic nitrogens is 1. The molecule has 0 N–H and O–H groups in total. The maximum atomic E-state index is 12.3. The molecule has 0 aromatic carbocycles. The average Bonchev–Trinajstić information content (AvgIpc) is 2.85. The molecular formula is C17H29NO5Si. The van der Waals surface area contributed by atoms with Crippen LogP contribution >= 0.6 is 0 Å². The van der Waals surface area contributed by atoms with Gasteiger partial charge in [-0.15, -0.1) is 0 Å². The van der Waals surface area contributed by atoms with Crippen LogP contribution in [0.1, 0.15) is 49.5 Å². The highest BCUT2D eigenvalue weighted by Crippen LogP contribution is 2.40. The third kappa shape index (κ3) is 4.26. The van der Waals surface area contributed by atoms with Crippen LogP contribution in [0, 0.1) is 5.41 Å². The van der Waals surface area contributed by atoms with Gasteiger partial charge in [0, 0.05) is 11.5 Å². The first kappa shape index (κ1) is 19.1. The van der Waals surface area contributed by atoms with Crippen LogP contribution in [-0.2, 0) is 26.0 Å². The number of ether oxygens (including phenoxy) is 3. The highest BCUT2D eigenvalue weighted by Gasteiger charge is 2.45. The van der Waals surface area contributed by atoms with Gasteiger partial charge >= 0.3 is 5.97 Å². The number of nitrogens with zero attached hydrogens (tertiary/aromatic N) is 1. The van der Waals surface area contributed by atoms with Gasteiger partial charge in [-0.1, -0.05) is 38.6 Å². The van der Waals surface area contributed by atoms with Gasteiger partial charge in [0.15, 0.2) is 11.5 Å². The summed E-state index contributed by atoms with van der Waals surface area (Å²) in [5, 5.41) is 3.99. The molecule has 6 nitrogen and oxygen atoms in total. The van der Waals surface area contributed by atoms with E-state index in [1.807, 2.05) is 6.92 Å². The molecule has 7 heteroatoms. The first-order chi connectivity index (χ1) is 11.0. The molecule has 1 fully saturated rings. The van der Waals surface area contributed by atoms with Gasteiger partial charge in [0.25, 0.3) is 0 Å². The van der Waals surface area contributed by atoms with E-state index in [1.165, 1.54) is 0 Å². The van der Waals surface area contributed by atoms with Gasteiger partial charge in [-0.2, -0.15) is 0 Å². The molecule has 2 rings (SSSR count). The van der Waals surface area contributed by atoms with Crippen molar-refractivity contribution in [2.75, 3.05) is 19.8 Å². The highest BCUT2D eigenvalue weighted by atomic mass is 28.3. The monoisotopic (exact) mass is 355 g/mol. The Morgan fingerprint density at radius 1 is 1.21 bits per heavy atom. The summed E-state index contributed by atoms with van der Waals surface area (Å²) in [6.07, 6.45) is 0. The molecule has 0 unspecified atom stereocenters. The lowest BCUT2D eigenvalue weighted by molar-refractivity contribution is -0.298. The zero-order valence-electron chi connectivity index (χ0n) is 15.8. The molecule has 1 aliphatic heterocycles. The standard InChI is InChI=1S/C17H29NO5Si/c1-8-20-15(19)14-13(12(23-18-14)9-24(5,6)7)17(4)21-10-16(2,3)11-22-17/h8-11H2,1-7H3. The number of hydrogen-bond donors (Lipinski definition) is 0. The van der Waals surface area contributed by atoms with Crippen molar-refractivity contribution in [1.82, 2.24) is 5.16 Å². The van der Waals surface area contributed by atoms with Gasteiger partial charge in [-0.25, -0.2) is 4.79 Å². The summed E-state index contributed by atoms with van der Waals surface area (Å²) in [7, 11) is -1.49. The van der Waals surface area contributed by atoms with E-state index in [-0.39, 0.29) is 17.7 Å². The summed E-state index contributed by atoms with van der Waals surface area (Å²) >= 11 is 0. The quantitative estimate of drug-likeness (QED) is 0.594. The van der Waals surface area contributed by atoms with Crippen molar-refractivity contribution in [3.63, 3.8) is 0 Å². The Morgan fingerprint density at radius 3 is 2.29 bits per heavy atom. The van der Waals surface area contributed by atoms with Crippen molar-refractivity contribution in [3.8, 4) is 0 Å². The van der Waals surface area contributed by atoms with Gasteiger partial charge < -0.3 is 18.7 Å². The lowest BCUT2D eigenvalue weighted by Gasteiger charge is -2.41. The molecule has 0 atom stereocenters. The Labute approximate surface area is 144 Å². The molecule has 1 aliphatic rings. The van der Waals surface area contributed by atoms with E-state index in [2.05, 4.69) is 38.6 Å². The molecular weight excluding hydrogens is 326 g/mol. The molecule has 0 aliphatic carbocycles. The Kier molecular flexibility index (Phi) is 5.27. The molecule has 1 aromatic rings. The highest BCUT2D eigenvalue weighted by molar-refractivity contribution is 6.75. The third-order valence-corrected chi connectivity index (χ3v) is 5.24. The second kappa shape index (κ2) is 6.61. The first-order valence-corrected chi connectivity index (χ1v) is 12.1. The van der Waals surface area contributed by atoms with Crippen molar-refractivity contribution >= 4 is 14.0 Å². The Morgan fingerprint density at radius 2 is 1.79 bits per heavy atom. The minimum absolute atomic E-state index is 0.0697. The van der Waals surface area contributed by atoms with E-state index in [4.69, 9.17) is 18.7 Å². The van der Waals surface area contributed by atoms with E-state index < -0.39 is 19.8 Å². The molecule has 0 spiro atoms. The normalized spacial score (nSPS) is 20.0. The van der Waals surface area contributed by atoms with E-state index >= 15 is 0 Å². The summed E-state index contributed by atoms with van der Waals surface area (Å²) < 4.78 is 22.7. The Hall–Kier alpha value is -1.18. The summed E-state index contributed by atoms with van der Waals surface area (Å²) in [4.78, 5) is 12.3. The minimum atomic E-state index is -1.49. The van der Waals surface area contributed by atoms with Crippen LogP contribution in [0.5, 0.6) is 0 Å². The molecule has 0 bridgehead atoms. The van der Waals surface area contributed by atoms with Crippen LogP contribution in [0.4, 0.5) is 0 Å². The fraction of sp³-hybridized carbons (Fsp3) is 0.765. The SMILES string of the molecule is CCOC(=O)c1noc(C[Si](C)(C)C)c1C1(C)OCC(C)(C)CO1. The minimum Gasteiger partial charge on any atom is -0.461 e. The molecule has 1 saturated heterocycles. The fourth-order valence-electron chi connectivity index (χ4n) is 2.63. The molecule has 1 aromatic heterocycles. The topological polar surface area (TPSA) is 70.8 Å². The number of hydrogen-bond acceptors (Lipinski definition) is 6. The van der Waals surface area contributed by atoms with E-state index in [1.54, 1.807) is 6.92 Å². The zero-order chi connectivity index (χ0) is 18.2. The average molecular weight is 356 g/mol. The van der Waals surface area contributed by atoms with Crippen LogP contribution in [0.3, 0.4) is 0 Å². The summed E-state index contributed by atoms with van der Waals surface area (Å²) in [5.74, 6) is -0.886. The first-order valence-electron chi connectivity index (χ1n) is 8.41. The Balaban J connectivity index is 2.44. The summed E-state index contributed by atoms with van der Waals surface area (Å²) in [5.41, 5.74) is 0.672. The largest absolute Gasteiger partial charge is 0.461 e. The van der Waals surface area contributed by atoms with Crippen LogP contribution in [0.15, 0.2) is 4.52 Å². The summed E-state index contributed by atoms with van der Waals surface area (Å²) in [6, 6.07) is 0.750.